The number of rotatable bonds is 7. The van der Waals surface area contributed by atoms with Gasteiger partial charge in [0.25, 0.3) is 0 Å². The lowest BCUT2D eigenvalue weighted by molar-refractivity contribution is 0.139. The Kier molecular flexibility index (Phi) is 9.77. The first-order valence-electron chi connectivity index (χ1n) is 6.84. The van der Waals surface area contributed by atoms with Gasteiger partial charge < -0.3 is 10.6 Å². The summed E-state index contributed by atoms with van der Waals surface area (Å²) in [5.41, 5.74) is 0.447. The predicted molar refractivity (Wildman–Crippen MR) is 86.6 cm³/mol. The number of guanidine groups is 1. The highest BCUT2D eigenvalue weighted by Gasteiger charge is 2.34. The van der Waals surface area contributed by atoms with E-state index in [9.17, 15) is 4.39 Å². The van der Waals surface area contributed by atoms with E-state index in [4.69, 9.17) is 0 Å². The van der Waals surface area contributed by atoms with E-state index in [0.29, 0.717) is 18.4 Å². The fourth-order valence-corrected chi connectivity index (χ4v) is 2.16. The van der Waals surface area contributed by atoms with Gasteiger partial charge in [0.05, 0.1) is 6.67 Å². The van der Waals surface area contributed by atoms with Gasteiger partial charge in [-0.2, -0.15) is 0 Å². The molecule has 0 heterocycles. The number of alkyl halides is 1. The van der Waals surface area contributed by atoms with Crippen molar-refractivity contribution in [2.24, 2.45) is 10.4 Å². The molecule has 0 atom stereocenters. The number of nitrogens with zero attached hydrogens (tertiary/aromatic N) is 1. The molecule has 0 spiro atoms. The molecule has 0 aromatic heterocycles. The van der Waals surface area contributed by atoms with Gasteiger partial charge in [0.2, 0.25) is 0 Å². The Balaban J connectivity index is 0.00000289. The van der Waals surface area contributed by atoms with E-state index in [1.807, 2.05) is 6.92 Å². The molecular formula is C13H27FIN3. The second kappa shape index (κ2) is 9.81. The van der Waals surface area contributed by atoms with Crippen LogP contribution in [0.25, 0.3) is 0 Å². The van der Waals surface area contributed by atoms with Crippen LogP contribution in [0.2, 0.25) is 0 Å². The molecule has 1 fully saturated rings. The highest BCUT2D eigenvalue weighted by atomic mass is 127. The zero-order valence-electron chi connectivity index (χ0n) is 11.6. The number of nitrogens with one attached hydrogen (secondary N) is 2. The Morgan fingerprint density at radius 2 is 2.00 bits per heavy atom. The summed E-state index contributed by atoms with van der Waals surface area (Å²) in [5.74, 6) is 0.834. The largest absolute Gasteiger partial charge is 0.357 e. The zero-order valence-corrected chi connectivity index (χ0v) is 13.9. The quantitative estimate of drug-likeness (QED) is 0.312. The fraction of sp³-hybridized carbons (Fsp3) is 0.923. The molecule has 0 aromatic carbocycles. The Bertz CT molecular complexity index is 237. The molecule has 18 heavy (non-hydrogen) atoms. The van der Waals surface area contributed by atoms with Crippen molar-refractivity contribution >= 4 is 29.9 Å². The Morgan fingerprint density at radius 1 is 1.28 bits per heavy atom. The average Bonchev–Trinajstić information content (AvgIpc) is 2.28. The van der Waals surface area contributed by atoms with Crippen molar-refractivity contribution < 1.29 is 4.39 Å². The molecule has 0 aromatic rings. The van der Waals surface area contributed by atoms with Gasteiger partial charge >= 0.3 is 0 Å². The van der Waals surface area contributed by atoms with Crippen LogP contribution in [-0.4, -0.2) is 32.3 Å². The van der Waals surface area contributed by atoms with E-state index >= 15 is 0 Å². The highest BCUT2D eigenvalue weighted by Crippen LogP contribution is 2.43. The minimum atomic E-state index is -0.273. The molecular weight excluding hydrogens is 344 g/mol. The summed E-state index contributed by atoms with van der Waals surface area (Å²) >= 11 is 0. The van der Waals surface area contributed by atoms with Crippen LogP contribution >= 0.6 is 24.0 Å². The van der Waals surface area contributed by atoms with Gasteiger partial charge in [-0.25, -0.2) is 0 Å². The van der Waals surface area contributed by atoms with Crippen LogP contribution in [0, 0.1) is 5.41 Å². The molecule has 108 valence electrons. The molecule has 1 aliphatic rings. The zero-order chi connectivity index (χ0) is 12.6. The van der Waals surface area contributed by atoms with E-state index in [2.05, 4.69) is 22.5 Å². The van der Waals surface area contributed by atoms with Crippen molar-refractivity contribution in [2.75, 3.05) is 26.3 Å². The summed E-state index contributed by atoms with van der Waals surface area (Å²) in [6.45, 7) is 6.42. The lowest BCUT2D eigenvalue weighted by Crippen LogP contribution is -2.40. The van der Waals surface area contributed by atoms with Crippen molar-refractivity contribution in [3.8, 4) is 0 Å². The molecule has 0 amide bonds. The van der Waals surface area contributed by atoms with Crippen molar-refractivity contribution in [2.45, 2.75) is 46.0 Å². The number of hydrogen-bond donors (Lipinski definition) is 2. The molecule has 1 saturated carbocycles. The summed E-state index contributed by atoms with van der Waals surface area (Å²) in [6.07, 6.45) is 5.70. The monoisotopic (exact) mass is 371 g/mol. The standard InChI is InChI=1S/C13H26FN3.HI/c1-3-13(7-5-8-13)11-17-12(15-4-2)16-10-6-9-14;/h3-11H2,1-2H3,(H2,15,16,17);1H. The third-order valence-electron chi connectivity index (χ3n) is 3.68. The predicted octanol–water partition coefficient (Wildman–Crippen LogP) is 3.10. The maximum Gasteiger partial charge on any atom is 0.191 e. The summed E-state index contributed by atoms with van der Waals surface area (Å²) in [4.78, 5) is 4.62. The minimum absolute atomic E-state index is 0. The van der Waals surface area contributed by atoms with Gasteiger partial charge in [-0.15, -0.1) is 24.0 Å². The van der Waals surface area contributed by atoms with Crippen LogP contribution < -0.4 is 10.6 Å². The summed E-state index contributed by atoms with van der Waals surface area (Å²) in [7, 11) is 0. The SMILES string of the molecule is CCNC(=NCC1(CC)CCC1)NCCCF.I. The van der Waals surface area contributed by atoms with E-state index in [-0.39, 0.29) is 30.7 Å². The number of hydrogen-bond acceptors (Lipinski definition) is 1. The lowest BCUT2D eigenvalue weighted by Gasteiger charge is -2.40. The Hall–Kier alpha value is -0.0700. The van der Waals surface area contributed by atoms with Gasteiger partial charge in [0, 0.05) is 19.6 Å². The minimum Gasteiger partial charge on any atom is -0.357 e. The van der Waals surface area contributed by atoms with Gasteiger partial charge in [0.15, 0.2) is 5.96 Å². The van der Waals surface area contributed by atoms with Crippen LogP contribution in [0.1, 0.15) is 46.0 Å². The topological polar surface area (TPSA) is 36.4 Å². The molecule has 0 bridgehead atoms. The van der Waals surface area contributed by atoms with E-state index in [1.165, 1.54) is 25.7 Å². The van der Waals surface area contributed by atoms with Crippen LogP contribution in [0.3, 0.4) is 0 Å². The first-order chi connectivity index (χ1) is 8.26. The third kappa shape index (κ3) is 5.71. The molecule has 0 unspecified atom stereocenters. The van der Waals surface area contributed by atoms with Gasteiger partial charge in [-0.3, -0.25) is 9.38 Å². The van der Waals surface area contributed by atoms with Crippen LogP contribution in [0.4, 0.5) is 4.39 Å². The van der Waals surface area contributed by atoms with E-state index in [1.54, 1.807) is 0 Å². The van der Waals surface area contributed by atoms with Crippen LogP contribution in [-0.2, 0) is 0 Å². The maximum absolute atomic E-state index is 12.0. The summed E-state index contributed by atoms with van der Waals surface area (Å²) in [6, 6.07) is 0. The Morgan fingerprint density at radius 3 is 2.44 bits per heavy atom. The summed E-state index contributed by atoms with van der Waals surface area (Å²) in [5, 5.41) is 6.37. The first-order valence-corrected chi connectivity index (χ1v) is 6.84. The van der Waals surface area contributed by atoms with Gasteiger partial charge in [0.1, 0.15) is 0 Å². The smallest absolute Gasteiger partial charge is 0.191 e. The maximum atomic E-state index is 12.0. The fourth-order valence-electron chi connectivity index (χ4n) is 2.16. The van der Waals surface area contributed by atoms with Crippen molar-refractivity contribution in [1.29, 1.82) is 0 Å². The van der Waals surface area contributed by atoms with Crippen molar-refractivity contribution in [1.82, 2.24) is 10.6 Å². The molecule has 5 heteroatoms. The Labute approximate surface area is 127 Å². The van der Waals surface area contributed by atoms with Crippen LogP contribution in [0.5, 0.6) is 0 Å². The molecule has 1 rings (SSSR count). The third-order valence-corrected chi connectivity index (χ3v) is 3.68. The van der Waals surface area contributed by atoms with Gasteiger partial charge in [-0.05, 0) is 38.0 Å². The second-order valence-electron chi connectivity index (χ2n) is 4.87. The van der Waals surface area contributed by atoms with E-state index < -0.39 is 0 Å². The lowest BCUT2D eigenvalue weighted by atomic mass is 9.67. The van der Waals surface area contributed by atoms with Gasteiger partial charge in [-0.1, -0.05) is 13.3 Å². The average molecular weight is 371 g/mol. The summed E-state index contributed by atoms with van der Waals surface area (Å²) < 4.78 is 12.0. The number of aliphatic imine (C=N–C) groups is 1. The molecule has 3 nitrogen and oxygen atoms in total. The highest BCUT2D eigenvalue weighted by molar-refractivity contribution is 14.0. The normalized spacial score (nSPS) is 17.6. The molecule has 1 aliphatic carbocycles. The molecule has 0 radical (unpaired) electrons. The molecule has 0 aliphatic heterocycles. The van der Waals surface area contributed by atoms with Crippen LogP contribution in [0.15, 0.2) is 4.99 Å². The first kappa shape index (κ1) is 17.9. The number of halogens is 2. The molecule has 0 saturated heterocycles. The van der Waals surface area contributed by atoms with Crippen molar-refractivity contribution in [3.63, 3.8) is 0 Å². The second-order valence-corrected chi connectivity index (χ2v) is 4.87. The van der Waals surface area contributed by atoms with E-state index in [0.717, 1.165) is 19.0 Å². The van der Waals surface area contributed by atoms with Crippen molar-refractivity contribution in [3.05, 3.63) is 0 Å². The molecule has 2 N–H and O–H groups in total.